The van der Waals surface area contributed by atoms with Gasteiger partial charge in [0.05, 0.1) is 11.6 Å². The molecule has 1 N–H and O–H groups in total. The highest BCUT2D eigenvalue weighted by molar-refractivity contribution is 5.88. The first-order valence-electron chi connectivity index (χ1n) is 8.15. The summed E-state index contributed by atoms with van der Waals surface area (Å²) < 4.78 is 5.85. The Bertz CT molecular complexity index is 1020. The van der Waals surface area contributed by atoms with Crippen molar-refractivity contribution in [1.29, 1.82) is 5.26 Å². The second-order valence-corrected chi connectivity index (χ2v) is 7.11. The van der Waals surface area contributed by atoms with Crippen molar-refractivity contribution >= 4 is 22.9 Å². The van der Waals surface area contributed by atoms with Crippen molar-refractivity contribution in [2.75, 3.05) is 4.90 Å². The topological polar surface area (TPSA) is 90.4 Å². The predicted molar refractivity (Wildman–Crippen MR) is 99.2 cm³/mol. The van der Waals surface area contributed by atoms with E-state index in [4.69, 9.17) is 9.68 Å². The Hall–Kier alpha value is -3.33. The number of carbonyl (C=O) groups is 1. The van der Waals surface area contributed by atoms with Gasteiger partial charge in [-0.3, -0.25) is 4.90 Å². The van der Waals surface area contributed by atoms with Gasteiger partial charge in [0.25, 0.3) is 0 Å². The molecule has 0 atom stereocenters. The summed E-state index contributed by atoms with van der Waals surface area (Å²) in [5.41, 5.74) is 3.41. The van der Waals surface area contributed by atoms with E-state index in [0.717, 1.165) is 11.1 Å². The smallest absolute Gasteiger partial charge is 0.412 e. The van der Waals surface area contributed by atoms with Gasteiger partial charge in [-0.1, -0.05) is 0 Å². The van der Waals surface area contributed by atoms with Crippen LogP contribution in [0.2, 0.25) is 0 Å². The molecule has 6 heteroatoms. The van der Waals surface area contributed by atoms with Crippen molar-refractivity contribution in [3.63, 3.8) is 0 Å². The van der Waals surface area contributed by atoms with Gasteiger partial charge >= 0.3 is 6.09 Å². The number of nitriles is 1. The molecule has 0 spiro atoms. The van der Waals surface area contributed by atoms with Crippen LogP contribution in [0.3, 0.4) is 0 Å². The third-order valence-corrected chi connectivity index (χ3v) is 4.04. The molecule has 0 aliphatic rings. The molecule has 0 aliphatic heterocycles. The number of amides is 1. The van der Waals surface area contributed by atoms with E-state index in [0.29, 0.717) is 28.2 Å². The van der Waals surface area contributed by atoms with E-state index in [-0.39, 0.29) is 0 Å². The molecule has 0 saturated heterocycles. The van der Waals surface area contributed by atoms with Gasteiger partial charge in [-0.15, -0.1) is 0 Å². The van der Waals surface area contributed by atoms with E-state index in [1.807, 2.05) is 27.7 Å². The highest BCUT2D eigenvalue weighted by Crippen LogP contribution is 2.30. The third kappa shape index (κ3) is 3.11. The Morgan fingerprint density at radius 1 is 1.23 bits per heavy atom. The summed E-state index contributed by atoms with van der Waals surface area (Å²) in [6.07, 6.45) is -1.01. The van der Waals surface area contributed by atoms with Crippen LogP contribution in [-0.2, 0) is 0 Å². The van der Waals surface area contributed by atoms with Crippen LogP contribution in [0.15, 0.2) is 40.8 Å². The molecule has 0 aliphatic carbocycles. The van der Waals surface area contributed by atoms with Gasteiger partial charge in [-0.2, -0.15) is 5.26 Å². The van der Waals surface area contributed by atoms with Gasteiger partial charge in [0.2, 0.25) is 5.89 Å². The number of fused-ring (bicyclic) bond motifs is 1. The highest BCUT2D eigenvalue weighted by atomic mass is 16.4. The lowest BCUT2D eigenvalue weighted by Crippen LogP contribution is -2.45. The monoisotopic (exact) mass is 349 g/mol. The molecule has 0 radical (unpaired) electrons. The predicted octanol–water partition coefficient (Wildman–Crippen LogP) is 4.96. The molecular weight excluding hydrogens is 330 g/mol. The first-order chi connectivity index (χ1) is 12.2. The Balaban J connectivity index is 2.01. The SMILES string of the molecule is Cc1cc(C#N)cc2nc(-c3ccc(N(C(=O)O)C(C)(C)C)cc3)oc12. The number of hydrogen-bond donors (Lipinski definition) is 1. The third-order valence-electron chi connectivity index (χ3n) is 4.04. The lowest BCUT2D eigenvalue weighted by Gasteiger charge is -2.33. The molecule has 3 rings (SSSR count). The summed E-state index contributed by atoms with van der Waals surface area (Å²) in [7, 11) is 0. The van der Waals surface area contributed by atoms with Crippen LogP contribution in [0.4, 0.5) is 10.5 Å². The van der Waals surface area contributed by atoms with Gasteiger partial charge in [0.1, 0.15) is 5.52 Å². The molecule has 1 aromatic heterocycles. The van der Waals surface area contributed by atoms with Crippen molar-refractivity contribution in [1.82, 2.24) is 4.98 Å². The average Bonchev–Trinajstić information content (AvgIpc) is 2.98. The zero-order chi connectivity index (χ0) is 19.1. The summed E-state index contributed by atoms with van der Waals surface area (Å²) in [4.78, 5) is 17.4. The first-order valence-corrected chi connectivity index (χ1v) is 8.15. The summed E-state index contributed by atoms with van der Waals surface area (Å²) >= 11 is 0. The summed E-state index contributed by atoms with van der Waals surface area (Å²) in [6.45, 7) is 7.39. The molecule has 2 aromatic carbocycles. The molecule has 0 bridgehead atoms. The molecule has 0 unspecified atom stereocenters. The van der Waals surface area contributed by atoms with Crippen molar-refractivity contribution in [2.24, 2.45) is 0 Å². The Labute approximate surface area is 151 Å². The number of oxazole rings is 1. The van der Waals surface area contributed by atoms with Crippen LogP contribution < -0.4 is 4.90 Å². The summed E-state index contributed by atoms with van der Waals surface area (Å²) in [6, 6.07) is 12.6. The van der Waals surface area contributed by atoms with Crippen LogP contribution in [0.5, 0.6) is 0 Å². The minimum absolute atomic E-state index is 0.433. The van der Waals surface area contributed by atoms with Crippen molar-refractivity contribution in [2.45, 2.75) is 33.2 Å². The molecule has 3 aromatic rings. The maximum atomic E-state index is 11.6. The van der Waals surface area contributed by atoms with Gasteiger partial charge in [-0.25, -0.2) is 9.78 Å². The van der Waals surface area contributed by atoms with Gasteiger partial charge < -0.3 is 9.52 Å². The number of rotatable bonds is 2. The number of benzene rings is 2. The minimum atomic E-state index is -1.01. The number of aryl methyl sites for hydroxylation is 1. The molecule has 6 nitrogen and oxygen atoms in total. The van der Waals surface area contributed by atoms with Crippen LogP contribution in [0.25, 0.3) is 22.6 Å². The Morgan fingerprint density at radius 2 is 1.88 bits per heavy atom. The van der Waals surface area contributed by atoms with E-state index in [2.05, 4.69) is 11.1 Å². The minimum Gasteiger partial charge on any atom is -0.465 e. The van der Waals surface area contributed by atoms with Crippen LogP contribution in [0, 0.1) is 18.3 Å². The molecule has 26 heavy (non-hydrogen) atoms. The molecule has 0 fully saturated rings. The van der Waals surface area contributed by atoms with Crippen LogP contribution in [0.1, 0.15) is 31.9 Å². The van der Waals surface area contributed by atoms with Gasteiger partial charge in [0.15, 0.2) is 5.58 Å². The highest BCUT2D eigenvalue weighted by Gasteiger charge is 2.27. The second-order valence-electron chi connectivity index (χ2n) is 7.11. The molecule has 0 saturated carbocycles. The maximum absolute atomic E-state index is 11.6. The average molecular weight is 349 g/mol. The number of aromatic nitrogens is 1. The quantitative estimate of drug-likeness (QED) is 0.706. The summed E-state index contributed by atoms with van der Waals surface area (Å²) in [5.74, 6) is 0.433. The van der Waals surface area contributed by atoms with E-state index in [9.17, 15) is 9.90 Å². The van der Waals surface area contributed by atoms with E-state index >= 15 is 0 Å². The van der Waals surface area contributed by atoms with E-state index in [1.54, 1.807) is 36.4 Å². The Morgan fingerprint density at radius 3 is 2.42 bits per heavy atom. The molecule has 132 valence electrons. The molecule has 1 heterocycles. The zero-order valence-corrected chi connectivity index (χ0v) is 15.1. The number of hydrogen-bond acceptors (Lipinski definition) is 4. The fourth-order valence-corrected chi connectivity index (χ4v) is 2.93. The largest absolute Gasteiger partial charge is 0.465 e. The van der Waals surface area contributed by atoms with E-state index < -0.39 is 11.6 Å². The summed E-state index contributed by atoms with van der Waals surface area (Å²) in [5, 5.41) is 18.6. The lowest BCUT2D eigenvalue weighted by molar-refractivity contribution is 0.195. The van der Waals surface area contributed by atoms with Crippen molar-refractivity contribution in [3.05, 3.63) is 47.5 Å². The standard InChI is InChI=1S/C20H19N3O3/c1-12-9-13(11-21)10-16-17(12)26-18(22-16)14-5-7-15(8-6-14)23(19(24)25)20(2,3)4/h5-10H,1-4H3,(H,24,25). The van der Waals surface area contributed by atoms with Crippen molar-refractivity contribution in [3.8, 4) is 17.5 Å². The normalized spacial score (nSPS) is 11.3. The molecule has 1 amide bonds. The lowest BCUT2D eigenvalue weighted by atomic mass is 10.0. The molecular formula is C20H19N3O3. The zero-order valence-electron chi connectivity index (χ0n) is 15.1. The van der Waals surface area contributed by atoms with Crippen molar-refractivity contribution < 1.29 is 14.3 Å². The number of nitrogens with zero attached hydrogens (tertiary/aromatic N) is 3. The number of anilines is 1. The van der Waals surface area contributed by atoms with E-state index in [1.165, 1.54) is 4.90 Å². The fraction of sp³-hybridized carbons (Fsp3) is 0.250. The van der Waals surface area contributed by atoms with Crippen LogP contribution in [-0.4, -0.2) is 21.7 Å². The first kappa shape index (κ1) is 17.5. The number of carboxylic acid groups (broad SMARTS) is 1. The maximum Gasteiger partial charge on any atom is 0.412 e. The second kappa shape index (κ2) is 6.19. The fourth-order valence-electron chi connectivity index (χ4n) is 2.93. The van der Waals surface area contributed by atoms with Gasteiger partial charge in [0, 0.05) is 16.8 Å². The van der Waals surface area contributed by atoms with Gasteiger partial charge in [-0.05, 0) is 69.7 Å². The Kier molecular flexibility index (Phi) is 4.17. The van der Waals surface area contributed by atoms with Crippen LogP contribution >= 0.6 is 0 Å².